The maximum absolute atomic E-state index is 10.8. The van der Waals surface area contributed by atoms with Crippen molar-refractivity contribution in [2.75, 3.05) is 19.6 Å². The van der Waals surface area contributed by atoms with Crippen molar-refractivity contribution in [3.8, 4) is 11.5 Å². The van der Waals surface area contributed by atoms with Crippen LogP contribution in [0.1, 0.15) is 43.9 Å². The third-order valence-corrected chi connectivity index (χ3v) is 6.88. The maximum Gasteiger partial charge on any atom is 0.141 e. The smallest absolute Gasteiger partial charge is 0.141 e. The third kappa shape index (κ3) is 4.34. The molecule has 0 radical (unpaired) electrons. The largest absolute Gasteiger partial charge is 0.456 e. The number of rotatable bonds is 4. The van der Waals surface area contributed by atoms with E-state index in [1.165, 1.54) is 10.5 Å². The fraction of sp³-hybridized carbons (Fsp3) is 0.478. The van der Waals surface area contributed by atoms with E-state index in [0.717, 1.165) is 50.4 Å². The number of thioether (sulfide) groups is 1. The van der Waals surface area contributed by atoms with Gasteiger partial charge in [-0.15, -0.1) is 11.8 Å². The zero-order valence-electron chi connectivity index (χ0n) is 16.2. The number of para-hydroxylation sites is 2. The number of nitrogens with zero attached hydrogens (tertiary/aromatic N) is 1. The van der Waals surface area contributed by atoms with Crippen molar-refractivity contribution >= 4 is 11.8 Å². The Balaban J connectivity index is 1.50. The Hall–Kier alpha value is -1.49. The molecule has 2 heterocycles. The molecule has 4 rings (SSSR count). The van der Waals surface area contributed by atoms with Crippen molar-refractivity contribution in [2.45, 2.75) is 48.9 Å². The summed E-state index contributed by atoms with van der Waals surface area (Å²) in [6.45, 7) is 7.30. The molecule has 144 valence electrons. The van der Waals surface area contributed by atoms with Crippen LogP contribution in [0.5, 0.6) is 11.5 Å². The molecule has 0 saturated carbocycles. The molecule has 2 aliphatic heterocycles. The van der Waals surface area contributed by atoms with E-state index in [1.807, 2.05) is 23.9 Å². The molecule has 3 nitrogen and oxygen atoms in total. The van der Waals surface area contributed by atoms with Gasteiger partial charge >= 0.3 is 0 Å². The first-order valence-electron chi connectivity index (χ1n) is 10.00. The molecule has 1 atom stereocenters. The number of hydrogen-bond donors (Lipinski definition) is 1. The highest BCUT2D eigenvalue weighted by Crippen LogP contribution is 2.48. The fourth-order valence-corrected chi connectivity index (χ4v) is 5.59. The van der Waals surface area contributed by atoms with Gasteiger partial charge in [0.05, 0.1) is 15.7 Å². The maximum atomic E-state index is 10.8. The van der Waals surface area contributed by atoms with Crippen LogP contribution < -0.4 is 4.74 Å². The topological polar surface area (TPSA) is 32.7 Å². The first kappa shape index (κ1) is 18.9. The number of piperidine rings is 1. The second kappa shape index (κ2) is 7.86. The number of likely N-dealkylation sites (tertiary alicyclic amines) is 1. The first-order valence-corrected chi connectivity index (χ1v) is 10.9. The average molecular weight is 384 g/mol. The minimum atomic E-state index is -0.477. The van der Waals surface area contributed by atoms with Gasteiger partial charge in [-0.2, -0.15) is 0 Å². The van der Waals surface area contributed by atoms with E-state index >= 15 is 0 Å². The highest BCUT2D eigenvalue weighted by Gasteiger charge is 2.34. The summed E-state index contributed by atoms with van der Waals surface area (Å²) >= 11 is 1.90. The van der Waals surface area contributed by atoms with Gasteiger partial charge in [-0.3, -0.25) is 0 Å². The number of hydrogen-bond acceptors (Lipinski definition) is 4. The van der Waals surface area contributed by atoms with Crippen LogP contribution in [0.2, 0.25) is 0 Å². The highest BCUT2D eigenvalue weighted by molar-refractivity contribution is 7.99. The van der Waals surface area contributed by atoms with Crippen molar-refractivity contribution in [1.82, 2.24) is 4.90 Å². The Morgan fingerprint density at radius 3 is 2.48 bits per heavy atom. The van der Waals surface area contributed by atoms with E-state index in [1.54, 1.807) is 0 Å². The summed E-state index contributed by atoms with van der Waals surface area (Å²) in [7, 11) is 0. The van der Waals surface area contributed by atoms with Crippen LogP contribution in [0.15, 0.2) is 53.4 Å². The molecule has 2 aromatic rings. The van der Waals surface area contributed by atoms with Crippen molar-refractivity contribution in [3.63, 3.8) is 0 Å². The summed E-state index contributed by atoms with van der Waals surface area (Å²) < 4.78 is 6.22. The Kier molecular flexibility index (Phi) is 5.49. The van der Waals surface area contributed by atoms with E-state index in [9.17, 15) is 5.11 Å². The highest BCUT2D eigenvalue weighted by atomic mass is 32.2. The molecule has 1 fully saturated rings. The Labute approximate surface area is 166 Å². The van der Waals surface area contributed by atoms with Crippen molar-refractivity contribution < 1.29 is 9.84 Å². The van der Waals surface area contributed by atoms with Crippen LogP contribution in [-0.4, -0.2) is 35.2 Å². The Bertz CT molecular complexity index is 783. The molecule has 1 saturated heterocycles. The summed E-state index contributed by atoms with van der Waals surface area (Å²) in [5.41, 5.74) is 0.788. The van der Waals surface area contributed by atoms with E-state index in [2.05, 4.69) is 55.1 Å². The molecule has 4 heteroatoms. The molecule has 0 aromatic heterocycles. The van der Waals surface area contributed by atoms with Crippen LogP contribution in [0.4, 0.5) is 0 Å². The van der Waals surface area contributed by atoms with Crippen LogP contribution in [0.25, 0.3) is 0 Å². The average Bonchev–Trinajstić information content (AvgIpc) is 2.79. The zero-order valence-corrected chi connectivity index (χ0v) is 17.0. The van der Waals surface area contributed by atoms with Gasteiger partial charge in [-0.1, -0.05) is 44.2 Å². The number of fused-ring (bicyclic) bond motifs is 2. The lowest BCUT2D eigenvalue weighted by molar-refractivity contribution is -0.0358. The summed E-state index contributed by atoms with van der Waals surface area (Å²) in [6.07, 6.45) is 2.65. The van der Waals surface area contributed by atoms with Gasteiger partial charge in [0.15, 0.2) is 0 Å². The van der Waals surface area contributed by atoms with Gasteiger partial charge in [0, 0.05) is 25.2 Å². The van der Waals surface area contributed by atoms with Crippen LogP contribution in [0.3, 0.4) is 0 Å². The number of aliphatic hydroxyl groups is 1. The van der Waals surface area contributed by atoms with Crippen molar-refractivity contribution in [3.05, 3.63) is 54.1 Å². The van der Waals surface area contributed by atoms with E-state index in [0.29, 0.717) is 11.2 Å². The molecule has 2 aliphatic rings. The molecule has 27 heavy (non-hydrogen) atoms. The standard InChI is InChI=1S/C23H29NO2S/c1-17(2)15-23(25)11-13-24(14-12-23)16-22-18-7-3-4-8-19(18)26-20-9-5-6-10-21(20)27-22/h3-10,17,22,25H,11-16H2,1-2H3. The lowest BCUT2D eigenvalue weighted by atomic mass is 9.84. The molecule has 2 aromatic carbocycles. The molecule has 0 aliphatic carbocycles. The second-order valence-electron chi connectivity index (χ2n) is 8.32. The quantitative estimate of drug-likeness (QED) is 0.756. The molecular weight excluding hydrogens is 354 g/mol. The van der Waals surface area contributed by atoms with Crippen LogP contribution >= 0.6 is 11.8 Å². The van der Waals surface area contributed by atoms with Crippen molar-refractivity contribution in [2.24, 2.45) is 5.92 Å². The second-order valence-corrected chi connectivity index (χ2v) is 9.56. The summed E-state index contributed by atoms with van der Waals surface area (Å²) in [4.78, 5) is 3.71. The zero-order chi connectivity index (χ0) is 18.9. The third-order valence-electron chi connectivity index (χ3n) is 5.60. The van der Waals surface area contributed by atoms with E-state index in [4.69, 9.17) is 4.74 Å². The lowest BCUT2D eigenvalue weighted by Gasteiger charge is -2.40. The summed E-state index contributed by atoms with van der Waals surface area (Å²) in [5.74, 6) is 2.45. The fourth-order valence-electron chi connectivity index (χ4n) is 4.29. The molecular formula is C23H29NO2S. The molecule has 1 unspecified atom stereocenters. The van der Waals surface area contributed by atoms with E-state index < -0.39 is 5.60 Å². The minimum Gasteiger partial charge on any atom is -0.456 e. The molecule has 0 bridgehead atoms. The van der Waals surface area contributed by atoms with Gasteiger partial charge in [-0.25, -0.2) is 0 Å². The van der Waals surface area contributed by atoms with Gasteiger partial charge in [0.25, 0.3) is 0 Å². The molecule has 1 N–H and O–H groups in total. The summed E-state index contributed by atoms with van der Waals surface area (Å²) in [6, 6.07) is 16.7. The van der Waals surface area contributed by atoms with Crippen molar-refractivity contribution in [1.29, 1.82) is 0 Å². The van der Waals surface area contributed by atoms with Gasteiger partial charge in [-0.05, 0) is 43.4 Å². The van der Waals surface area contributed by atoms with Crippen LogP contribution in [-0.2, 0) is 0 Å². The Morgan fingerprint density at radius 2 is 1.74 bits per heavy atom. The normalized spacial score (nSPS) is 21.9. The predicted molar refractivity (Wildman–Crippen MR) is 112 cm³/mol. The van der Waals surface area contributed by atoms with Gasteiger partial charge < -0.3 is 14.7 Å². The molecule has 0 amide bonds. The number of ether oxygens (including phenoxy) is 1. The molecule has 0 spiro atoms. The Morgan fingerprint density at radius 1 is 1.07 bits per heavy atom. The van der Waals surface area contributed by atoms with E-state index in [-0.39, 0.29) is 0 Å². The van der Waals surface area contributed by atoms with Gasteiger partial charge in [0.2, 0.25) is 0 Å². The lowest BCUT2D eigenvalue weighted by Crippen LogP contribution is -2.45. The van der Waals surface area contributed by atoms with Crippen LogP contribution in [0, 0.1) is 5.92 Å². The summed E-state index contributed by atoms with van der Waals surface area (Å²) in [5, 5.41) is 11.2. The van der Waals surface area contributed by atoms with Gasteiger partial charge in [0.1, 0.15) is 11.5 Å². The minimum absolute atomic E-state index is 0.334. The SMILES string of the molecule is CC(C)CC1(O)CCN(CC2Sc3ccccc3Oc3ccccc32)CC1. The number of benzene rings is 2. The predicted octanol–water partition coefficient (Wildman–Crippen LogP) is 5.50. The first-order chi connectivity index (χ1) is 13.0. The monoisotopic (exact) mass is 383 g/mol.